The van der Waals surface area contributed by atoms with Crippen molar-refractivity contribution in [2.75, 3.05) is 37.2 Å². The molecule has 0 spiro atoms. The number of carbonyl (C=O) groups excluding carboxylic acids is 2. The van der Waals surface area contributed by atoms with E-state index >= 15 is 0 Å². The largest absolute Gasteiger partial charge is 0.495 e. The molecule has 3 aliphatic heterocycles. The maximum Gasteiger partial charge on any atom is 0.418 e. The zero-order chi connectivity index (χ0) is 39.0. The maximum absolute atomic E-state index is 13.5. The van der Waals surface area contributed by atoms with Crippen molar-refractivity contribution in [2.45, 2.75) is 88.2 Å². The van der Waals surface area contributed by atoms with Gasteiger partial charge in [-0.3, -0.25) is 10.6 Å². The topological polar surface area (TPSA) is 177 Å². The fraction of sp³-hybridized carbons (Fsp3) is 0.500. The second-order valence-electron chi connectivity index (χ2n) is 13.8. The molecule has 13 nitrogen and oxygen atoms in total. The van der Waals surface area contributed by atoms with Crippen LogP contribution in [0.3, 0.4) is 0 Å². The Bertz CT molecular complexity index is 1780. The van der Waals surface area contributed by atoms with Gasteiger partial charge in [0.2, 0.25) is 0 Å². The highest BCUT2D eigenvalue weighted by atomic mass is 35.5. The molecular formula is C36H44ClF3N4O9. The average molecular weight is 769 g/mol. The summed E-state index contributed by atoms with van der Waals surface area (Å²) in [5.74, 6) is -0.258. The Morgan fingerprint density at radius 3 is 2.60 bits per heavy atom. The fourth-order valence-electron chi connectivity index (χ4n) is 6.89. The number of alkyl halides is 3. The first-order valence-corrected chi connectivity index (χ1v) is 17.1. The van der Waals surface area contributed by atoms with Gasteiger partial charge in [0.05, 0.1) is 24.5 Å². The summed E-state index contributed by atoms with van der Waals surface area (Å²) in [6.45, 7) is 5.26. The lowest BCUT2D eigenvalue weighted by atomic mass is 9.83. The van der Waals surface area contributed by atoms with Crippen LogP contribution in [0.4, 0.5) is 39.8 Å². The molecule has 2 saturated heterocycles. The second-order valence-corrected chi connectivity index (χ2v) is 14.2. The standard InChI is InChI=1S/C36H44ClF3N4O9/c1-18-8-7-9-27(50-6)35(48)17-26(51-33(47)43-35)19(2)31-34(3,53-31)28(52-32(46)42-21-10-11-23(41)22(15-21)36(38,39)40)16-29(45)44(4)24-13-20(12-18)14-25(49-5)30(24)37/h7-11,13-15,19,26-29,31,45,48H,12,16-17,41H2,1-6H3,(H,42,46)(H,43,47)/b9-7+,18-8+/t19-,26+,27-,28+,29?,31+,34+,35+/m1/s1. The summed E-state index contributed by atoms with van der Waals surface area (Å²) in [5, 5.41) is 28.3. The van der Waals surface area contributed by atoms with Gasteiger partial charge in [0.1, 0.15) is 40.9 Å². The average Bonchev–Trinajstić information content (AvgIpc) is 3.78. The minimum absolute atomic E-state index is 0.110. The second kappa shape index (κ2) is 15.3. The van der Waals surface area contributed by atoms with Crippen LogP contribution in [0.1, 0.15) is 44.7 Å². The van der Waals surface area contributed by atoms with Gasteiger partial charge in [0.25, 0.3) is 0 Å². The number of nitrogens with two attached hydrogens (primary N) is 1. The third-order valence-corrected chi connectivity index (χ3v) is 10.3. The number of ether oxygens (including phenoxy) is 5. The Kier molecular flexibility index (Phi) is 11.5. The maximum atomic E-state index is 13.5. The van der Waals surface area contributed by atoms with E-state index in [1.165, 1.54) is 25.2 Å². The van der Waals surface area contributed by atoms with Gasteiger partial charge in [-0.2, -0.15) is 13.2 Å². The number of hydrogen-bond acceptors (Lipinski definition) is 11. The number of allylic oxidation sites excluding steroid dienone is 3. The monoisotopic (exact) mass is 768 g/mol. The molecule has 6 N–H and O–H groups in total. The van der Waals surface area contributed by atoms with Crippen LogP contribution in [0.5, 0.6) is 5.75 Å². The van der Waals surface area contributed by atoms with Crippen molar-refractivity contribution in [1.82, 2.24) is 5.32 Å². The number of fused-ring (bicyclic) bond motifs is 5. The van der Waals surface area contributed by atoms with Crippen molar-refractivity contribution < 1.29 is 56.7 Å². The van der Waals surface area contributed by atoms with Gasteiger partial charge >= 0.3 is 18.4 Å². The van der Waals surface area contributed by atoms with Crippen molar-refractivity contribution in [3.8, 4) is 5.75 Å². The number of amides is 2. The van der Waals surface area contributed by atoms with Gasteiger partial charge in [0, 0.05) is 44.3 Å². The summed E-state index contributed by atoms with van der Waals surface area (Å²) >= 11 is 6.73. The Labute approximate surface area is 309 Å². The Morgan fingerprint density at radius 1 is 1.23 bits per heavy atom. The summed E-state index contributed by atoms with van der Waals surface area (Å²) in [6.07, 6.45) is -6.83. The van der Waals surface area contributed by atoms with Crippen LogP contribution in [0.25, 0.3) is 0 Å². The van der Waals surface area contributed by atoms with Gasteiger partial charge in [-0.1, -0.05) is 42.3 Å². The number of alkyl carbamates (subject to hydrolysis) is 1. The minimum Gasteiger partial charge on any atom is -0.495 e. The number of epoxide rings is 1. The van der Waals surface area contributed by atoms with E-state index in [2.05, 4.69) is 10.6 Å². The Morgan fingerprint density at radius 2 is 1.94 bits per heavy atom. The molecule has 0 radical (unpaired) electrons. The molecule has 3 heterocycles. The molecule has 0 aliphatic carbocycles. The van der Waals surface area contributed by atoms with Gasteiger partial charge < -0.3 is 44.5 Å². The van der Waals surface area contributed by atoms with E-state index in [0.717, 1.165) is 17.2 Å². The van der Waals surface area contributed by atoms with Crippen LogP contribution in [-0.2, 0) is 31.5 Å². The third kappa shape index (κ3) is 8.62. The summed E-state index contributed by atoms with van der Waals surface area (Å²) in [6, 6.07) is 6.42. The molecule has 2 aromatic rings. The molecule has 3 aliphatic rings. The Hall–Kier alpha value is -4.22. The van der Waals surface area contributed by atoms with Crippen LogP contribution in [-0.4, -0.2) is 85.6 Å². The highest BCUT2D eigenvalue weighted by Gasteiger charge is 2.64. The van der Waals surface area contributed by atoms with E-state index in [4.69, 9.17) is 41.0 Å². The van der Waals surface area contributed by atoms with E-state index in [9.17, 15) is 33.0 Å². The number of methoxy groups -OCH3 is 2. The zero-order valence-electron chi connectivity index (χ0n) is 30.0. The van der Waals surface area contributed by atoms with E-state index in [1.807, 2.05) is 13.0 Å². The van der Waals surface area contributed by atoms with E-state index in [-0.39, 0.29) is 23.6 Å². The number of nitrogens with one attached hydrogen (secondary N) is 2. The minimum atomic E-state index is -4.78. The number of hydrogen-bond donors (Lipinski definition) is 5. The molecular weight excluding hydrogens is 725 g/mol. The normalized spacial score (nSPS) is 32.3. The van der Waals surface area contributed by atoms with E-state index in [1.54, 1.807) is 45.2 Å². The molecule has 1 unspecified atom stereocenters. The number of halogens is 4. The van der Waals surface area contributed by atoms with Crippen molar-refractivity contribution in [3.63, 3.8) is 0 Å². The van der Waals surface area contributed by atoms with Crippen molar-refractivity contribution >= 4 is 40.8 Å². The van der Waals surface area contributed by atoms with Crippen LogP contribution in [0.15, 0.2) is 54.1 Å². The molecule has 2 aromatic carbocycles. The lowest BCUT2D eigenvalue weighted by molar-refractivity contribution is -0.142. The lowest BCUT2D eigenvalue weighted by Crippen LogP contribution is -2.63. The van der Waals surface area contributed by atoms with Gasteiger partial charge in [-0.05, 0) is 56.2 Å². The highest BCUT2D eigenvalue weighted by Crippen LogP contribution is 2.49. The quantitative estimate of drug-likeness (QED) is 0.189. The van der Waals surface area contributed by atoms with Gasteiger partial charge in [-0.25, -0.2) is 9.59 Å². The molecule has 5 rings (SSSR count). The number of carbonyl (C=O) groups is 2. The number of nitrogens with zero attached hydrogens (tertiary/aromatic N) is 1. The van der Waals surface area contributed by atoms with Crippen LogP contribution < -0.4 is 26.0 Å². The molecule has 17 heteroatoms. The van der Waals surface area contributed by atoms with E-state index < -0.39 is 77.5 Å². The summed E-state index contributed by atoms with van der Waals surface area (Å²) in [4.78, 5) is 27.6. The number of rotatable bonds is 4. The van der Waals surface area contributed by atoms with Crippen LogP contribution >= 0.6 is 11.6 Å². The predicted octanol–water partition coefficient (Wildman–Crippen LogP) is 5.77. The Balaban J connectivity index is 1.53. The molecule has 0 saturated carbocycles. The summed E-state index contributed by atoms with van der Waals surface area (Å²) < 4.78 is 69.3. The van der Waals surface area contributed by atoms with Crippen molar-refractivity contribution in [2.24, 2.45) is 5.92 Å². The zero-order valence-corrected chi connectivity index (χ0v) is 30.7. The first kappa shape index (κ1) is 40.0. The first-order valence-electron chi connectivity index (χ1n) is 16.8. The number of benzene rings is 2. The van der Waals surface area contributed by atoms with E-state index in [0.29, 0.717) is 23.9 Å². The third-order valence-electron chi connectivity index (χ3n) is 9.96. The number of anilines is 3. The number of nitrogen functional groups attached to an aromatic ring is 1. The molecule has 2 amide bonds. The smallest absolute Gasteiger partial charge is 0.418 e. The number of aliphatic hydroxyl groups excluding tert-OH is 1. The van der Waals surface area contributed by atoms with Crippen LogP contribution in [0.2, 0.25) is 5.02 Å². The first-order chi connectivity index (χ1) is 24.8. The van der Waals surface area contributed by atoms with Crippen molar-refractivity contribution in [1.29, 1.82) is 0 Å². The highest BCUT2D eigenvalue weighted by molar-refractivity contribution is 6.34. The number of aliphatic hydroxyl groups is 2. The molecule has 290 valence electrons. The predicted molar refractivity (Wildman–Crippen MR) is 190 cm³/mol. The van der Waals surface area contributed by atoms with Gasteiger partial charge in [0.15, 0.2) is 5.72 Å². The lowest BCUT2D eigenvalue weighted by Gasteiger charge is -2.42. The fourth-order valence-corrected chi connectivity index (χ4v) is 7.21. The van der Waals surface area contributed by atoms with Gasteiger partial charge in [-0.15, -0.1) is 0 Å². The SMILES string of the molecule is COc1cc2cc(c1Cl)N(C)C(O)C[C@H](OC(=O)Nc1ccc(N)c(C(F)(F)F)c1)[C@]1(C)O[C@H]1[C@H](C)[C@@H]1C[C@@](O)(NC(=O)O1)[C@H](OC)/C=C/C=C(\C)C2. The van der Waals surface area contributed by atoms with Crippen LogP contribution in [0, 0.1) is 5.92 Å². The molecule has 2 fully saturated rings. The molecule has 8 atom stereocenters. The summed E-state index contributed by atoms with van der Waals surface area (Å²) in [5.41, 5.74) is 2.51. The molecule has 0 aromatic heterocycles. The summed E-state index contributed by atoms with van der Waals surface area (Å²) in [7, 11) is 4.44. The molecule has 4 bridgehead atoms. The molecule has 53 heavy (non-hydrogen) atoms. The van der Waals surface area contributed by atoms with Crippen molar-refractivity contribution in [3.05, 3.63) is 70.3 Å².